The zero-order valence-electron chi connectivity index (χ0n) is 6.88. The molecule has 0 saturated heterocycles. The molecule has 0 fully saturated rings. The molecular formula is C8H18OS. The molecule has 0 spiro atoms. The van der Waals surface area contributed by atoms with Crippen molar-refractivity contribution in [2.24, 2.45) is 5.92 Å². The summed E-state index contributed by atoms with van der Waals surface area (Å²) in [5, 5.41) is 9.46. The van der Waals surface area contributed by atoms with Gasteiger partial charge in [0.1, 0.15) is 0 Å². The summed E-state index contributed by atoms with van der Waals surface area (Å²) in [4.78, 5) is 0. The van der Waals surface area contributed by atoms with Crippen molar-refractivity contribution in [3.8, 4) is 0 Å². The van der Waals surface area contributed by atoms with Gasteiger partial charge in [0.05, 0.1) is 6.10 Å². The maximum Gasteiger partial charge on any atom is 0.0576 e. The first-order valence-corrected chi connectivity index (χ1v) is 4.68. The first-order valence-electron chi connectivity index (χ1n) is 4.05. The van der Waals surface area contributed by atoms with Crippen LogP contribution in [0.15, 0.2) is 0 Å². The lowest BCUT2D eigenvalue weighted by atomic mass is 9.98. The Morgan fingerprint density at radius 1 is 1.40 bits per heavy atom. The Morgan fingerprint density at radius 3 is 2.30 bits per heavy atom. The van der Waals surface area contributed by atoms with E-state index in [2.05, 4.69) is 26.5 Å². The van der Waals surface area contributed by atoms with Gasteiger partial charge in [-0.2, -0.15) is 12.6 Å². The van der Waals surface area contributed by atoms with Crippen LogP contribution in [0, 0.1) is 5.92 Å². The highest BCUT2D eigenvalue weighted by molar-refractivity contribution is 7.80. The van der Waals surface area contributed by atoms with Crippen molar-refractivity contribution >= 4 is 12.6 Å². The molecule has 0 aromatic carbocycles. The van der Waals surface area contributed by atoms with Gasteiger partial charge < -0.3 is 5.11 Å². The molecule has 2 heteroatoms. The van der Waals surface area contributed by atoms with E-state index in [0.29, 0.717) is 5.92 Å². The van der Waals surface area contributed by atoms with Crippen molar-refractivity contribution in [3.05, 3.63) is 0 Å². The van der Waals surface area contributed by atoms with Crippen molar-refractivity contribution in [2.75, 3.05) is 5.75 Å². The molecule has 0 aliphatic carbocycles. The molecule has 0 radical (unpaired) electrons. The molecule has 0 aromatic rings. The number of hydrogen-bond acceptors (Lipinski definition) is 2. The zero-order valence-corrected chi connectivity index (χ0v) is 7.77. The van der Waals surface area contributed by atoms with Crippen LogP contribution in [0.25, 0.3) is 0 Å². The smallest absolute Gasteiger partial charge is 0.0576 e. The summed E-state index contributed by atoms with van der Waals surface area (Å²) >= 11 is 4.17. The van der Waals surface area contributed by atoms with E-state index < -0.39 is 0 Å². The second-order valence-corrected chi connectivity index (χ2v) is 3.07. The van der Waals surface area contributed by atoms with E-state index in [0.717, 1.165) is 25.0 Å². The van der Waals surface area contributed by atoms with Crippen LogP contribution in [0.1, 0.15) is 33.1 Å². The highest BCUT2D eigenvalue weighted by Crippen LogP contribution is 2.14. The average molecular weight is 162 g/mol. The molecule has 0 aliphatic rings. The Bertz CT molecular complexity index is 71.7. The van der Waals surface area contributed by atoms with Gasteiger partial charge in [0.2, 0.25) is 0 Å². The monoisotopic (exact) mass is 162 g/mol. The fourth-order valence-corrected chi connectivity index (χ4v) is 1.56. The fraction of sp³-hybridized carbons (Fsp3) is 1.00. The summed E-state index contributed by atoms with van der Waals surface area (Å²) in [5.74, 6) is 1.20. The Hall–Kier alpha value is 0.310. The van der Waals surface area contributed by atoms with E-state index in [1.165, 1.54) is 0 Å². The molecule has 0 saturated carbocycles. The van der Waals surface area contributed by atoms with E-state index in [9.17, 15) is 5.11 Å². The van der Waals surface area contributed by atoms with Crippen molar-refractivity contribution in [1.82, 2.24) is 0 Å². The molecule has 2 atom stereocenters. The predicted octanol–water partition coefficient (Wildman–Crippen LogP) is 2.10. The van der Waals surface area contributed by atoms with Crippen LogP contribution in [0.5, 0.6) is 0 Å². The predicted molar refractivity (Wildman–Crippen MR) is 48.5 cm³/mol. The average Bonchev–Trinajstić information content (AvgIpc) is 1.91. The number of aliphatic hydroxyl groups excluding tert-OH is 1. The first-order chi connectivity index (χ1) is 4.76. The lowest BCUT2D eigenvalue weighted by molar-refractivity contribution is 0.107. The molecule has 10 heavy (non-hydrogen) atoms. The molecule has 0 rings (SSSR count). The highest BCUT2D eigenvalue weighted by Gasteiger charge is 2.13. The van der Waals surface area contributed by atoms with Crippen molar-refractivity contribution in [1.29, 1.82) is 0 Å². The normalized spacial score (nSPS) is 16.8. The number of thiol groups is 1. The number of aliphatic hydroxyl groups is 1. The van der Waals surface area contributed by atoms with Gasteiger partial charge in [-0.25, -0.2) is 0 Å². The molecule has 1 N–H and O–H groups in total. The Balaban J connectivity index is 3.53. The summed E-state index contributed by atoms with van der Waals surface area (Å²) < 4.78 is 0. The van der Waals surface area contributed by atoms with Gasteiger partial charge >= 0.3 is 0 Å². The van der Waals surface area contributed by atoms with Gasteiger partial charge in [0.25, 0.3) is 0 Å². The van der Waals surface area contributed by atoms with E-state index in [-0.39, 0.29) is 6.10 Å². The van der Waals surface area contributed by atoms with Gasteiger partial charge in [-0.3, -0.25) is 0 Å². The molecular weight excluding hydrogens is 144 g/mol. The third-order valence-electron chi connectivity index (χ3n) is 1.89. The van der Waals surface area contributed by atoms with Crippen LogP contribution in [0.3, 0.4) is 0 Å². The lowest BCUT2D eigenvalue weighted by Crippen LogP contribution is -2.20. The van der Waals surface area contributed by atoms with Gasteiger partial charge in [-0.1, -0.05) is 26.7 Å². The molecule has 0 aliphatic heterocycles. The Kier molecular flexibility index (Phi) is 6.24. The van der Waals surface area contributed by atoms with E-state index >= 15 is 0 Å². The Labute approximate surface area is 69.2 Å². The summed E-state index contributed by atoms with van der Waals surface area (Å²) in [6.45, 7) is 4.19. The van der Waals surface area contributed by atoms with Crippen LogP contribution >= 0.6 is 12.6 Å². The minimum Gasteiger partial charge on any atom is -0.393 e. The van der Waals surface area contributed by atoms with Gasteiger partial charge in [-0.15, -0.1) is 0 Å². The van der Waals surface area contributed by atoms with Crippen LogP contribution < -0.4 is 0 Å². The SMILES string of the molecule is CCCC(O)C(CC)CS. The van der Waals surface area contributed by atoms with Crippen LogP contribution in [0.2, 0.25) is 0 Å². The summed E-state index contributed by atoms with van der Waals surface area (Å²) in [6.07, 6.45) is 2.88. The molecule has 0 aromatic heterocycles. The van der Waals surface area contributed by atoms with E-state index in [1.807, 2.05) is 0 Å². The maximum atomic E-state index is 9.46. The quantitative estimate of drug-likeness (QED) is 0.593. The van der Waals surface area contributed by atoms with E-state index in [4.69, 9.17) is 0 Å². The van der Waals surface area contributed by atoms with Crippen LogP contribution in [-0.2, 0) is 0 Å². The third-order valence-corrected chi connectivity index (χ3v) is 2.36. The van der Waals surface area contributed by atoms with Crippen molar-refractivity contribution in [2.45, 2.75) is 39.2 Å². The summed E-state index contributed by atoms with van der Waals surface area (Å²) in [7, 11) is 0. The van der Waals surface area contributed by atoms with Gasteiger partial charge in [-0.05, 0) is 18.1 Å². The number of rotatable bonds is 5. The van der Waals surface area contributed by atoms with Gasteiger partial charge in [0.15, 0.2) is 0 Å². The second-order valence-electron chi connectivity index (χ2n) is 2.71. The Morgan fingerprint density at radius 2 is 2.00 bits per heavy atom. The van der Waals surface area contributed by atoms with E-state index in [1.54, 1.807) is 0 Å². The minimum atomic E-state index is -0.132. The van der Waals surface area contributed by atoms with Crippen molar-refractivity contribution < 1.29 is 5.11 Å². The van der Waals surface area contributed by atoms with Crippen LogP contribution in [-0.4, -0.2) is 17.0 Å². The summed E-state index contributed by atoms with van der Waals surface area (Å²) in [5.41, 5.74) is 0. The largest absolute Gasteiger partial charge is 0.393 e. The van der Waals surface area contributed by atoms with Crippen molar-refractivity contribution in [3.63, 3.8) is 0 Å². The topological polar surface area (TPSA) is 20.2 Å². The molecule has 1 nitrogen and oxygen atoms in total. The van der Waals surface area contributed by atoms with Gasteiger partial charge in [0, 0.05) is 0 Å². The summed E-state index contributed by atoms with van der Waals surface area (Å²) in [6, 6.07) is 0. The first kappa shape index (κ1) is 10.3. The molecule has 0 heterocycles. The molecule has 0 amide bonds. The molecule has 0 bridgehead atoms. The molecule has 2 unspecified atom stereocenters. The zero-order chi connectivity index (χ0) is 7.98. The van der Waals surface area contributed by atoms with Crippen LogP contribution in [0.4, 0.5) is 0 Å². The maximum absolute atomic E-state index is 9.46. The standard InChI is InChI=1S/C8H18OS/c1-3-5-8(9)7(4-2)6-10/h7-10H,3-6H2,1-2H3. The minimum absolute atomic E-state index is 0.132. The second kappa shape index (κ2) is 6.05. The molecule has 62 valence electrons. The fourth-order valence-electron chi connectivity index (χ4n) is 1.05. The third kappa shape index (κ3) is 3.47. The lowest BCUT2D eigenvalue weighted by Gasteiger charge is -2.18. The number of hydrogen-bond donors (Lipinski definition) is 2. The highest BCUT2D eigenvalue weighted by atomic mass is 32.1.